The summed E-state index contributed by atoms with van der Waals surface area (Å²) in [4.78, 5) is 0. The normalized spacial score (nSPS) is 34.3. The summed E-state index contributed by atoms with van der Waals surface area (Å²) in [5.74, 6) is 0. The molecular formula is C15H20O2. The number of aliphatic hydroxyl groups excluding tert-OH is 1. The van der Waals surface area contributed by atoms with Crippen molar-refractivity contribution in [3.05, 3.63) is 35.9 Å². The highest BCUT2D eigenvalue weighted by molar-refractivity contribution is 5.24. The van der Waals surface area contributed by atoms with Crippen LogP contribution in [0.3, 0.4) is 0 Å². The van der Waals surface area contributed by atoms with Crippen molar-refractivity contribution in [3.63, 3.8) is 0 Å². The molecule has 92 valence electrons. The highest BCUT2D eigenvalue weighted by atomic mass is 16.6. The Morgan fingerprint density at radius 1 is 1.12 bits per heavy atom. The fourth-order valence-electron chi connectivity index (χ4n) is 3.13. The van der Waals surface area contributed by atoms with Crippen LogP contribution in [-0.4, -0.2) is 16.8 Å². The maximum absolute atomic E-state index is 10.5. The SMILES string of the molecule is OC(c1ccccc1)[C@@]12CCCCCC[C@@H]1O2. The first-order valence-corrected chi connectivity index (χ1v) is 6.74. The molecule has 0 aromatic heterocycles. The second kappa shape index (κ2) is 4.43. The molecular weight excluding hydrogens is 212 g/mol. The largest absolute Gasteiger partial charge is 0.385 e. The Morgan fingerprint density at radius 2 is 1.88 bits per heavy atom. The lowest BCUT2D eigenvalue weighted by atomic mass is 9.84. The molecule has 2 nitrogen and oxygen atoms in total. The van der Waals surface area contributed by atoms with Crippen molar-refractivity contribution in [1.29, 1.82) is 0 Å². The number of aliphatic hydroxyl groups is 1. The molecule has 1 saturated carbocycles. The maximum atomic E-state index is 10.5. The monoisotopic (exact) mass is 232 g/mol. The topological polar surface area (TPSA) is 32.8 Å². The summed E-state index contributed by atoms with van der Waals surface area (Å²) in [6.45, 7) is 0. The van der Waals surface area contributed by atoms with Crippen LogP contribution in [-0.2, 0) is 4.74 Å². The molecule has 1 N–H and O–H groups in total. The quantitative estimate of drug-likeness (QED) is 0.794. The summed E-state index contributed by atoms with van der Waals surface area (Å²) in [6.07, 6.45) is 6.98. The Bertz CT molecular complexity index is 376. The number of ether oxygens (including phenoxy) is 1. The molecule has 1 aliphatic heterocycles. The van der Waals surface area contributed by atoms with Crippen molar-refractivity contribution >= 4 is 0 Å². The summed E-state index contributed by atoms with van der Waals surface area (Å²) in [6, 6.07) is 9.94. The molecule has 0 radical (unpaired) electrons. The predicted octanol–water partition coefficient (Wildman–Crippen LogP) is 3.21. The van der Waals surface area contributed by atoms with Gasteiger partial charge in [0.25, 0.3) is 0 Å². The van der Waals surface area contributed by atoms with Crippen molar-refractivity contribution in [1.82, 2.24) is 0 Å². The van der Waals surface area contributed by atoms with Crippen molar-refractivity contribution in [2.24, 2.45) is 0 Å². The molecule has 3 atom stereocenters. The number of hydrogen-bond donors (Lipinski definition) is 1. The molecule has 2 heteroatoms. The lowest BCUT2D eigenvalue weighted by Gasteiger charge is -2.22. The Balaban J connectivity index is 1.79. The van der Waals surface area contributed by atoms with Gasteiger partial charge in [0.2, 0.25) is 0 Å². The van der Waals surface area contributed by atoms with Gasteiger partial charge in [-0.25, -0.2) is 0 Å². The van der Waals surface area contributed by atoms with Crippen LogP contribution in [0.5, 0.6) is 0 Å². The number of epoxide rings is 1. The van der Waals surface area contributed by atoms with E-state index in [9.17, 15) is 5.11 Å². The summed E-state index contributed by atoms with van der Waals surface area (Å²) in [7, 11) is 0. The predicted molar refractivity (Wildman–Crippen MR) is 66.7 cm³/mol. The van der Waals surface area contributed by atoms with Gasteiger partial charge < -0.3 is 9.84 Å². The van der Waals surface area contributed by atoms with Crippen molar-refractivity contribution in [2.75, 3.05) is 0 Å². The molecule has 0 bridgehead atoms. The van der Waals surface area contributed by atoms with Crippen LogP contribution >= 0.6 is 0 Å². The van der Waals surface area contributed by atoms with Gasteiger partial charge in [-0.2, -0.15) is 0 Å². The third-order valence-electron chi connectivity index (χ3n) is 4.21. The van der Waals surface area contributed by atoms with Crippen LogP contribution in [0.25, 0.3) is 0 Å². The lowest BCUT2D eigenvalue weighted by molar-refractivity contribution is 0.0671. The van der Waals surface area contributed by atoms with E-state index >= 15 is 0 Å². The van der Waals surface area contributed by atoms with E-state index in [0.717, 1.165) is 18.4 Å². The molecule has 3 rings (SSSR count). The first-order chi connectivity index (χ1) is 8.33. The second-order valence-electron chi connectivity index (χ2n) is 5.33. The minimum Gasteiger partial charge on any atom is -0.385 e. The van der Waals surface area contributed by atoms with Gasteiger partial charge in [-0.1, -0.05) is 56.0 Å². The van der Waals surface area contributed by atoms with E-state index in [0.29, 0.717) is 0 Å². The van der Waals surface area contributed by atoms with E-state index in [2.05, 4.69) is 0 Å². The molecule has 1 saturated heterocycles. The summed E-state index contributed by atoms with van der Waals surface area (Å²) < 4.78 is 5.89. The molecule has 1 unspecified atom stereocenters. The summed E-state index contributed by atoms with van der Waals surface area (Å²) >= 11 is 0. The lowest BCUT2D eigenvalue weighted by Crippen LogP contribution is -2.26. The van der Waals surface area contributed by atoms with Gasteiger partial charge in [-0.3, -0.25) is 0 Å². The van der Waals surface area contributed by atoms with Gasteiger partial charge in [0.05, 0.1) is 6.10 Å². The Labute approximate surface area is 103 Å². The molecule has 1 heterocycles. The zero-order chi connectivity index (χ0) is 11.7. The standard InChI is InChI=1S/C15H20O2/c16-14(12-8-4-3-5-9-12)15-11-7-2-1-6-10-13(15)17-15/h3-5,8-9,13-14,16H,1-2,6-7,10-11H2/t13-,14?,15+/m0/s1. The first kappa shape index (κ1) is 11.2. The van der Waals surface area contributed by atoms with Gasteiger partial charge in [-0.05, 0) is 18.4 Å². The number of rotatable bonds is 2. The van der Waals surface area contributed by atoms with E-state index in [-0.39, 0.29) is 11.7 Å². The van der Waals surface area contributed by atoms with Crippen LogP contribution in [0.4, 0.5) is 0 Å². The zero-order valence-corrected chi connectivity index (χ0v) is 10.1. The molecule has 1 aliphatic carbocycles. The molecule has 2 fully saturated rings. The number of benzene rings is 1. The third-order valence-corrected chi connectivity index (χ3v) is 4.21. The van der Waals surface area contributed by atoms with E-state index in [1.807, 2.05) is 30.3 Å². The second-order valence-corrected chi connectivity index (χ2v) is 5.33. The van der Waals surface area contributed by atoms with Crippen LogP contribution < -0.4 is 0 Å². The minimum atomic E-state index is -0.452. The average molecular weight is 232 g/mol. The van der Waals surface area contributed by atoms with Gasteiger partial charge >= 0.3 is 0 Å². The molecule has 0 spiro atoms. The van der Waals surface area contributed by atoms with Gasteiger partial charge in [-0.15, -0.1) is 0 Å². The van der Waals surface area contributed by atoms with E-state index in [4.69, 9.17) is 4.74 Å². The number of fused-ring (bicyclic) bond motifs is 1. The smallest absolute Gasteiger partial charge is 0.125 e. The molecule has 17 heavy (non-hydrogen) atoms. The summed E-state index contributed by atoms with van der Waals surface area (Å²) in [5, 5.41) is 10.5. The first-order valence-electron chi connectivity index (χ1n) is 6.74. The van der Waals surface area contributed by atoms with Crippen molar-refractivity contribution < 1.29 is 9.84 Å². The molecule has 1 aromatic rings. The maximum Gasteiger partial charge on any atom is 0.125 e. The van der Waals surface area contributed by atoms with E-state index < -0.39 is 6.10 Å². The Hall–Kier alpha value is -0.860. The molecule has 0 amide bonds. The molecule has 2 aliphatic rings. The Morgan fingerprint density at radius 3 is 2.71 bits per heavy atom. The Kier molecular flexibility index (Phi) is 2.93. The average Bonchev–Trinajstić information content (AvgIpc) is 3.03. The third kappa shape index (κ3) is 2.00. The highest BCUT2D eigenvalue weighted by Gasteiger charge is 2.60. The van der Waals surface area contributed by atoms with E-state index in [1.165, 1.54) is 25.7 Å². The minimum absolute atomic E-state index is 0.262. The summed E-state index contributed by atoms with van der Waals surface area (Å²) in [5.41, 5.74) is 0.734. The van der Waals surface area contributed by atoms with Crippen LogP contribution in [0, 0.1) is 0 Å². The highest BCUT2D eigenvalue weighted by Crippen LogP contribution is 2.53. The van der Waals surface area contributed by atoms with Crippen molar-refractivity contribution in [3.8, 4) is 0 Å². The van der Waals surface area contributed by atoms with E-state index in [1.54, 1.807) is 0 Å². The van der Waals surface area contributed by atoms with Gasteiger partial charge in [0.15, 0.2) is 0 Å². The van der Waals surface area contributed by atoms with Crippen molar-refractivity contribution in [2.45, 2.75) is 56.3 Å². The molecule has 1 aromatic carbocycles. The fraction of sp³-hybridized carbons (Fsp3) is 0.600. The van der Waals surface area contributed by atoms with Crippen LogP contribution in [0.2, 0.25) is 0 Å². The van der Waals surface area contributed by atoms with Crippen LogP contribution in [0.1, 0.15) is 50.2 Å². The number of hydrogen-bond acceptors (Lipinski definition) is 2. The fourth-order valence-corrected chi connectivity index (χ4v) is 3.13. The van der Waals surface area contributed by atoms with Crippen LogP contribution in [0.15, 0.2) is 30.3 Å². The van der Waals surface area contributed by atoms with Gasteiger partial charge in [0.1, 0.15) is 11.7 Å². The zero-order valence-electron chi connectivity index (χ0n) is 10.1. The van der Waals surface area contributed by atoms with Gasteiger partial charge in [0, 0.05) is 0 Å².